The zero-order chi connectivity index (χ0) is 15.6. The minimum atomic E-state index is 0. The minimum absolute atomic E-state index is 0. The Bertz CT molecular complexity index is 439. The van der Waals surface area contributed by atoms with Crippen molar-refractivity contribution < 1.29 is 4.79 Å². The largest absolute Gasteiger partial charge is 0.385 e. The fraction of sp³-hybridized carbons (Fsp3) is 0.611. The average Bonchev–Trinajstić information content (AvgIpc) is 2.56. The van der Waals surface area contributed by atoms with E-state index < -0.39 is 0 Å². The van der Waals surface area contributed by atoms with Crippen molar-refractivity contribution in [1.29, 1.82) is 0 Å². The zero-order valence-electron chi connectivity index (χ0n) is 14.4. The van der Waals surface area contributed by atoms with Crippen molar-refractivity contribution in [2.45, 2.75) is 32.6 Å². The summed E-state index contributed by atoms with van der Waals surface area (Å²) in [5.74, 6) is 1.31. The van der Waals surface area contributed by atoms with Crippen LogP contribution in [0, 0.1) is 11.8 Å². The molecule has 1 amide bonds. The lowest BCUT2D eigenvalue weighted by Gasteiger charge is -2.28. The second-order valence-corrected chi connectivity index (χ2v) is 6.28. The standard InChI is InChI=1S/C18H29N3O.2ClH/c1-15(16-7-5-10-19-14-16)13-18(22)21-12-6-11-20-17-8-3-2-4-9-17;;/h2-4,8-9,15-16,19-20H,5-7,10-14H2,1H3,(H,21,22);2*1H. The molecule has 0 spiro atoms. The molecule has 1 fully saturated rings. The number of rotatable bonds is 8. The number of nitrogens with one attached hydrogen (secondary N) is 3. The molecule has 138 valence electrons. The summed E-state index contributed by atoms with van der Waals surface area (Å²) in [6.45, 7) is 6.02. The Morgan fingerprint density at radius 2 is 2.00 bits per heavy atom. The topological polar surface area (TPSA) is 53.2 Å². The lowest BCUT2D eigenvalue weighted by atomic mass is 9.85. The molecule has 1 aromatic carbocycles. The molecule has 2 unspecified atom stereocenters. The number of hydrogen-bond donors (Lipinski definition) is 3. The number of benzene rings is 1. The second kappa shape index (κ2) is 13.3. The highest BCUT2D eigenvalue weighted by Crippen LogP contribution is 2.22. The van der Waals surface area contributed by atoms with Gasteiger partial charge in [0, 0.05) is 25.2 Å². The molecule has 0 radical (unpaired) electrons. The van der Waals surface area contributed by atoms with Gasteiger partial charge in [0.05, 0.1) is 0 Å². The Morgan fingerprint density at radius 3 is 2.67 bits per heavy atom. The van der Waals surface area contributed by atoms with Gasteiger partial charge in [-0.1, -0.05) is 25.1 Å². The maximum Gasteiger partial charge on any atom is 0.220 e. The highest BCUT2D eigenvalue weighted by atomic mass is 35.5. The Balaban J connectivity index is 0.00000264. The van der Waals surface area contributed by atoms with Crippen LogP contribution in [0.25, 0.3) is 0 Å². The maximum absolute atomic E-state index is 12.0. The average molecular weight is 376 g/mol. The molecule has 4 nitrogen and oxygen atoms in total. The molecule has 1 aliphatic heterocycles. The third kappa shape index (κ3) is 8.76. The van der Waals surface area contributed by atoms with Gasteiger partial charge in [0.25, 0.3) is 0 Å². The Morgan fingerprint density at radius 1 is 1.25 bits per heavy atom. The molecular weight excluding hydrogens is 345 g/mol. The summed E-state index contributed by atoms with van der Waals surface area (Å²) >= 11 is 0. The second-order valence-electron chi connectivity index (χ2n) is 6.28. The lowest BCUT2D eigenvalue weighted by Crippen LogP contribution is -2.35. The highest BCUT2D eigenvalue weighted by molar-refractivity contribution is 5.85. The normalized spacial score (nSPS) is 17.8. The van der Waals surface area contributed by atoms with Gasteiger partial charge in [-0.05, 0) is 56.3 Å². The molecule has 0 bridgehead atoms. The van der Waals surface area contributed by atoms with Crippen molar-refractivity contribution >= 4 is 36.4 Å². The van der Waals surface area contributed by atoms with Gasteiger partial charge in [0.2, 0.25) is 5.91 Å². The molecule has 6 heteroatoms. The fourth-order valence-corrected chi connectivity index (χ4v) is 3.00. The van der Waals surface area contributed by atoms with E-state index in [4.69, 9.17) is 0 Å². The van der Waals surface area contributed by atoms with Crippen LogP contribution in [0.5, 0.6) is 0 Å². The first-order valence-electron chi connectivity index (χ1n) is 8.52. The van der Waals surface area contributed by atoms with E-state index in [9.17, 15) is 4.79 Å². The number of para-hydroxylation sites is 1. The van der Waals surface area contributed by atoms with E-state index in [1.807, 2.05) is 18.2 Å². The van der Waals surface area contributed by atoms with Crippen LogP contribution in [-0.4, -0.2) is 32.1 Å². The van der Waals surface area contributed by atoms with E-state index in [-0.39, 0.29) is 30.7 Å². The van der Waals surface area contributed by atoms with Gasteiger partial charge >= 0.3 is 0 Å². The van der Waals surface area contributed by atoms with Gasteiger partial charge in [-0.2, -0.15) is 0 Å². The number of hydrogen-bond acceptors (Lipinski definition) is 3. The van der Waals surface area contributed by atoms with Crippen LogP contribution >= 0.6 is 24.8 Å². The van der Waals surface area contributed by atoms with E-state index in [2.05, 4.69) is 35.0 Å². The number of halogens is 2. The van der Waals surface area contributed by atoms with Crippen LogP contribution in [0.3, 0.4) is 0 Å². The fourth-order valence-electron chi connectivity index (χ4n) is 3.00. The number of anilines is 1. The first-order chi connectivity index (χ1) is 10.8. The summed E-state index contributed by atoms with van der Waals surface area (Å²) in [6, 6.07) is 10.2. The predicted molar refractivity (Wildman–Crippen MR) is 106 cm³/mol. The van der Waals surface area contributed by atoms with Gasteiger partial charge in [0.15, 0.2) is 0 Å². The van der Waals surface area contributed by atoms with Gasteiger partial charge in [-0.15, -0.1) is 24.8 Å². The van der Waals surface area contributed by atoms with E-state index in [0.29, 0.717) is 18.3 Å². The predicted octanol–water partition coefficient (Wildman–Crippen LogP) is 3.47. The molecule has 1 aliphatic rings. The monoisotopic (exact) mass is 375 g/mol. The van der Waals surface area contributed by atoms with E-state index >= 15 is 0 Å². The van der Waals surface area contributed by atoms with Crippen LogP contribution in [0.15, 0.2) is 30.3 Å². The first-order valence-corrected chi connectivity index (χ1v) is 8.52. The summed E-state index contributed by atoms with van der Waals surface area (Å²) in [5.41, 5.74) is 1.13. The molecule has 2 atom stereocenters. The Hall–Kier alpha value is -0.970. The molecular formula is C18H31Cl2N3O. The maximum atomic E-state index is 12.0. The van der Waals surface area contributed by atoms with Crippen molar-refractivity contribution in [2.75, 3.05) is 31.5 Å². The smallest absolute Gasteiger partial charge is 0.220 e. The Labute approximate surface area is 158 Å². The molecule has 1 heterocycles. The molecule has 0 aliphatic carbocycles. The number of piperidine rings is 1. The number of amides is 1. The highest BCUT2D eigenvalue weighted by Gasteiger charge is 2.21. The minimum Gasteiger partial charge on any atom is -0.385 e. The molecule has 0 aromatic heterocycles. The summed E-state index contributed by atoms with van der Waals surface area (Å²) in [6.07, 6.45) is 4.09. The van der Waals surface area contributed by atoms with Gasteiger partial charge in [-0.25, -0.2) is 0 Å². The third-order valence-electron chi connectivity index (χ3n) is 4.43. The quantitative estimate of drug-likeness (QED) is 0.609. The molecule has 3 N–H and O–H groups in total. The molecule has 0 saturated carbocycles. The van der Waals surface area contributed by atoms with Crippen molar-refractivity contribution in [1.82, 2.24) is 10.6 Å². The van der Waals surface area contributed by atoms with Gasteiger partial charge in [-0.3, -0.25) is 4.79 Å². The summed E-state index contributed by atoms with van der Waals surface area (Å²) < 4.78 is 0. The van der Waals surface area contributed by atoms with Crippen molar-refractivity contribution in [3.8, 4) is 0 Å². The van der Waals surface area contributed by atoms with Crippen molar-refractivity contribution in [2.24, 2.45) is 11.8 Å². The van der Waals surface area contributed by atoms with Gasteiger partial charge < -0.3 is 16.0 Å². The first kappa shape index (κ1) is 23.0. The van der Waals surface area contributed by atoms with Crippen LogP contribution in [0.2, 0.25) is 0 Å². The van der Waals surface area contributed by atoms with Crippen LogP contribution in [0.4, 0.5) is 5.69 Å². The van der Waals surface area contributed by atoms with Crippen LogP contribution in [0.1, 0.15) is 32.6 Å². The number of carbonyl (C=O) groups is 1. The van der Waals surface area contributed by atoms with Gasteiger partial charge in [0.1, 0.15) is 0 Å². The number of carbonyl (C=O) groups excluding carboxylic acids is 1. The lowest BCUT2D eigenvalue weighted by molar-refractivity contribution is -0.122. The summed E-state index contributed by atoms with van der Waals surface area (Å²) in [5, 5.41) is 9.82. The summed E-state index contributed by atoms with van der Waals surface area (Å²) in [4.78, 5) is 12.0. The molecule has 1 saturated heterocycles. The summed E-state index contributed by atoms with van der Waals surface area (Å²) in [7, 11) is 0. The SMILES string of the molecule is CC(CC(=O)NCCCNc1ccccc1)C1CCCNC1.Cl.Cl. The van der Waals surface area contributed by atoms with Crippen molar-refractivity contribution in [3.05, 3.63) is 30.3 Å². The molecule has 24 heavy (non-hydrogen) atoms. The zero-order valence-corrected chi connectivity index (χ0v) is 16.1. The molecule has 1 aromatic rings. The van der Waals surface area contributed by atoms with E-state index in [1.165, 1.54) is 12.8 Å². The van der Waals surface area contributed by atoms with E-state index in [1.54, 1.807) is 0 Å². The van der Waals surface area contributed by atoms with Crippen molar-refractivity contribution in [3.63, 3.8) is 0 Å². The third-order valence-corrected chi connectivity index (χ3v) is 4.43. The van der Waals surface area contributed by atoms with E-state index in [0.717, 1.165) is 38.3 Å². The molecule has 2 rings (SSSR count). The Kier molecular flexibility index (Phi) is 12.8. The van der Waals surface area contributed by atoms with Crippen LogP contribution < -0.4 is 16.0 Å². The van der Waals surface area contributed by atoms with Crippen LogP contribution in [-0.2, 0) is 4.79 Å².